The lowest BCUT2D eigenvalue weighted by Crippen LogP contribution is -2.19. The van der Waals surface area contributed by atoms with Crippen LogP contribution in [0, 0.1) is 0 Å². The molecule has 13 heavy (non-hydrogen) atoms. The van der Waals surface area contributed by atoms with Gasteiger partial charge in [-0.15, -0.1) is 0 Å². The number of aliphatic hydroxyl groups excluding tert-OH is 1. The first-order valence-electron chi connectivity index (χ1n) is 4.46. The highest BCUT2D eigenvalue weighted by molar-refractivity contribution is 7.07. The van der Waals surface area contributed by atoms with E-state index in [9.17, 15) is 9.90 Å². The molecule has 0 aromatic carbocycles. The van der Waals surface area contributed by atoms with Crippen LogP contribution in [0.5, 0.6) is 0 Å². The van der Waals surface area contributed by atoms with E-state index >= 15 is 0 Å². The minimum atomic E-state index is -0.765. The molecule has 1 rings (SSSR count). The van der Waals surface area contributed by atoms with Gasteiger partial charge in [0.1, 0.15) is 6.10 Å². The van der Waals surface area contributed by atoms with Gasteiger partial charge in [-0.25, -0.2) is 0 Å². The molecule has 1 unspecified atom stereocenters. The smallest absolute Gasteiger partial charge is 0.161 e. The molecular formula is C10H14O2S. The van der Waals surface area contributed by atoms with Crippen LogP contribution in [-0.2, 0) is 11.2 Å². The lowest BCUT2D eigenvalue weighted by Gasteiger charge is -2.04. The number of aryl methyl sites for hydroxylation is 1. The van der Waals surface area contributed by atoms with Crippen LogP contribution < -0.4 is 0 Å². The highest BCUT2D eigenvalue weighted by Crippen LogP contribution is 2.09. The van der Waals surface area contributed by atoms with Gasteiger partial charge in [0, 0.05) is 6.42 Å². The Balaban J connectivity index is 2.31. The third-order valence-corrected chi connectivity index (χ3v) is 2.73. The summed E-state index contributed by atoms with van der Waals surface area (Å²) in [6.45, 7) is 1.81. The van der Waals surface area contributed by atoms with E-state index in [1.165, 1.54) is 5.56 Å². The van der Waals surface area contributed by atoms with Crippen molar-refractivity contribution >= 4 is 17.1 Å². The maximum Gasteiger partial charge on any atom is 0.161 e. The maximum atomic E-state index is 11.2. The van der Waals surface area contributed by atoms with E-state index in [-0.39, 0.29) is 5.78 Å². The van der Waals surface area contributed by atoms with E-state index in [0.717, 1.165) is 6.42 Å². The van der Waals surface area contributed by atoms with E-state index in [4.69, 9.17) is 0 Å². The van der Waals surface area contributed by atoms with Crippen molar-refractivity contribution in [2.45, 2.75) is 32.3 Å². The summed E-state index contributed by atoms with van der Waals surface area (Å²) in [6, 6.07) is 2.01. The maximum absolute atomic E-state index is 11.2. The second-order valence-electron chi connectivity index (χ2n) is 3.02. The van der Waals surface area contributed by atoms with E-state index in [1.54, 1.807) is 11.3 Å². The summed E-state index contributed by atoms with van der Waals surface area (Å²) >= 11 is 1.63. The molecule has 1 N–H and O–H groups in total. The Morgan fingerprint density at radius 3 is 3.00 bits per heavy atom. The number of carbonyl (C=O) groups excluding carboxylic acids is 1. The largest absolute Gasteiger partial charge is 0.385 e. The van der Waals surface area contributed by atoms with Crippen LogP contribution in [0.3, 0.4) is 0 Å². The molecule has 3 heteroatoms. The van der Waals surface area contributed by atoms with Crippen LogP contribution in [0.1, 0.15) is 25.3 Å². The Morgan fingerprint density at radius 2 is 2.46 bits per heavy atom. The van der Waals surface area contributed by atoms with Gasteiger partial charge in [-0.05, 0) is 35.2 Å². The zero-order valence-corrected chi connectivity index (χ0v) is 8.51. The molecule has 1 heterocycles. The molecule has 0 saturated heterocycles. The molecule has 0 saturated carbocycles. The van der Waals surface area contributed by atoms with Crippen molar-refractivity contribution in [3.63, 3.8) is 0 Å². The number of aliphatic hydroxyl groups is 1. The topological polar surface area (TPSA) is 37.3 Å². The van der Waals surface area contributed by atoms with Crippen LogP contribution >= 0.6 is 11.3 Å². The Labute approximate surface area is 82.2 Å². The molecule has 1 atom stereocenters. The van der Waals surface area contributed by atoms with Gasteiger partial charge in [0.2, 0.25) is 0 Å². The summed E-state index contributed by atoms with van der Waals surface area (Å²) in [5, 5.41) is 13.2. The quantitative estimate of drug-likeness (QED) is 0.786. The summed E-state index contributed by atoms with van der Waals surface area (Å²) in [5.74, 6) is -0.0475. The van der Waals surface area contributed by atoms with Crippen LogP contribution in [0.4, 0.5) is 0 Å². The van der Waals surface area contributed by atoms with Crippen LogP contribution in [0.2, 0.25) is 0 Å². The van der Waals surface area contributed by atoms with Crippen molar-refractivity contribution in [1.82, 2.24) is 0 Å². The standard InChI is InChI=1S/C10H14O2S/c1-2-9(11)10(12)4-3-8-5-6-13-7-8/h5-7,9,11H,2-4H2,1H3. The molecule has 0 bridgehead atoms. The summed E-state index contributed by atoms with van der Waals surface area (Å²) in [6.07, 6.45) is 0.951. The molecular weight excluding hydrogens is 184 g/mol. The van der Waals surface area contributed by atoms with Crippen molar-refractivity contribution in [2.75, 3.05) is 0 Å². The van der Waals surface area contributed by atoms with Crippen molar-refractivity contribution in [1.29, 1.82) is 0 Å². The third kappa shape index (κ3) is 3.28. The van der Waals surface area contributed by atoms with Crippen molar-refractivity contribution in [2.24, 2.45) is 0 Å². The van der Waals surface area contributed by atoms with E-state index in [1.807, 2.05) is 23.8 Å². The van der Waals surface area contributed by atoms with E-state index < -0.39 is 6.10 Å². The summed E-state index contributed by atoms with van der Waals surface area (Å²) in [4.78, 5) is 11.2. The predicted octanol–water partition coefficient (Wildman–Crippen LogP) is 2.02. The zero-order valence-electron chi connectivity index (χ0n) is 7.69. The van der Waals surface area contributed by atoms with Gasteiger partial charge in [0.15, 0.2) is 5.78 Å². The summed E-state index contributed by atoms with van der Waals surface area (Å²) < 4.78 is 0. The minimum absolute atomic E-state index is 0.0475. The number of Topliss-reactive ketones (excluding diaryl/α,β-unsaturated/α-hetero) is 1. The summed E-state index contributed by atoms with van der Waals surface area (Å²) in [5.41, 5.74) is 1.18. The number of rotatable bonds is 5. The lowest BCUT2D eigenvalue weighted by molar-refractivity contribution is -0.127. The number of thiophene rings is 1. The highest BCUT2D eigenvalue weighted by atomic mass is 32.1. The monoisotopic (exact) mass is 198 g/mol. The average Bonchev–Trinajstić information content (AvgIpc) is 2.65. The van der Waals surface area contributed by atoms with Gasteiger partial charge in [-0.3, -0.25) is 4.79 Å². The van der Waals surface area contributed by atoms with Crippen molar-refractivity contribution in [3.8, 4) is 0 Å². The molecule has 72 valence electrons. The van der Waals surface area contributed by atoms with Gasteiger partial charge in [0.05, 0.1) is 0 Å². The number of hydrogen-bond donors (Lipinski definition) is 1. The van der Waals surface area contributed by atoms with Gasteiger partial charge in [0.25, 0.3) is 0 Å². The molecule has 1 aromatic heterocycles. The van der Waals surface area contributed by atoms with Crippen LogP contribution in [-0.4, -0.2) is 17.0 Å². The van der Waals surface area contributed by atoms with Gasteiger partial charge < -0.3 is 5.11 Å². The summed E-state index contributed by atoms with van der Waals surface area (Å²) in [7, 11) is 0. The van der Waals surface area contributed by atoms with Gasteiger partial charge >= 0.3 is 0 Å². The SMILES string of the molecule is CCC(O)C(=O)CCc1ccsc1. The molecule has 0 aliphatic rings. The van der Waals surface area contributed by atoms with Crippen LogP contribution in [0.25, 0.3) is 0 Å². The normalized spacial score (nSPS) is 12.8. The molecule has 0 amide bonds. The first-order valence-corrected chi connectivity index (χ1v) is 5.40. The number of hydrogen-bond acceptors (Lipinski definition) is 3. The Bertz CT molecular complexity index is 254. The van der Waals surface area contributed by atoms with Gasteiger partial charge in [-0.2, -0.15) is 11.3 Å². The Kier molecular flexibility index (Phi) is 4.12. The molecule has 0 fully saturated rings. The van der Waals surface area contributed by atoms with Crippen molar-refractivity contribution < 1.29 is 9.90 Å². The Hall–Kier alpha value is -0.670. The lowest BCUT2D eigenvalue weighted by atomic mass is 10.1. The van der Waals surface area contributed by atoms with Gasteiger partial charge in [-0.1, -0.05) is 6.92 Å². The molecule has 1 aromatic rings. The molecule has 2 nitrogen and oxygen atoms in total. The average molecular weight is 198 g/mol. The Morgan fingerprint density at radius 1 is 1.69 bits per heavy atom. The van der Waals surface area contributed by atoms with Crippen LogP contribution in [0.15, 0.2) is 16.8 Å². The fourth-order valence-electron chi connectivity index (χ4n) is 1.10. The first kappa shape index (κ1) is 10.4. The van der Waals surface area contributed by atoms with E-state index in [0.29, 0.717) is 12.8 Å². The second kappa shape index (κ2) is 5.14. The zero-order chi connectivity index (χ0) is 9.68. The van der Waals surface area contributed by atoms with E-state index in [2.05, 4.69) is 0 Å². The molecule has 0 aliphatic carbocycles. The third-order valence-electron chi connectivity index (χ3n) is 2.00. The predicted molar refractivity (Wildman–Crippen MR) is 53.9 cm³/mol. The fourth-order valence-corrected chi connectivity index (χ4v) is 1.80. The molecule has 0 radical (unpaired) electrons. The molecule has 0 spiro atoms. The fraction of sp³-hybridized carbons (Fsp3) is 0.500. The minimum Gasteiger partial charge on any atom is -0.385 e. The first-order chi connectivity index (χ1) is 6.24. The highest BCUT2D eigenvalue weighted by Gasteiger charge is 2.11. The number of ketones is 1. The molecule has 0 aliphatic heterocycles. The number of carbonyl (C=O) groups is 1. The second-order valence-corrected chi connectivity index (χ2v) is 3.80. The van der Waals surface area contributed by atoms with Crippen molar-refractivity contribution in [3.05, 3.63) is 22.4 Å².